The lowest BCUT2D eigenvalue weighted by Gasteiger charge is -2.15. The second-order valence-corrected chi connectivity index (χ2v) is 5.98. The van der Waals surface area contributed by atoms with Crippen molar-refractivity contribution in [3.8, 4) is 11.5 Å². The number of hydrogen-bond acceptors (Lipinski definition) is 5. The number of rotatable bonds is 6. The van der Waals surface area contributed by atoms with Crippen LogP contribution < -0.4 is 14.8 Å². The van der Waals surface area contributed by atoms with Crippen LogP contribution in [0.3, 0.4) is 0 Å². The fourth-order valence-corrected chi connectivity index (χ4v) is 2.85. The van der Waals surface area contributed by atoms with E-state index in [1.807, 2.05) is 0 Å². The summed E-state index contributed by atoms with van der Waals surface area (Å²) in [6.07, 6.45) is -0.0620. The van der Waals surface area contributed by atoms with Gasteiger partial charge in [-0.1, -0.05) is 29.3 Å². The molecule has 138 valence electrons. The van der Waals surface area contributed by atoms with E-state index in [0.29, 0.717) is 27.1 Å². The molecule has 0 aliphatic rings. The Hall–Kier alpha value is -2.44. The normalized spacial score (nSPS) is 10.2. The smallest absolute Gasteiger partial charge is 0.340 e. The first-order valence-electron chi connectivity index (χ1n) is 7.48. The zero-order valence-electron chi connectivity index (χ0n) is 14.4. The van der Waals surface area contributed by atoms with Crippen molar-refractivity contribution >= 4 is 40.8 Å². The van der Waals surface area contributed by atoms with E-state index in [2.05, 4.69) is 5.32 Å². The van der Waals surface area contributed by atoms with Gasteiger partial charge in [-0.25, -0.2) is 4.79 Å². The first-order valence-corrected chi connectivity index (χ1v) is 8.24. The Bertz CT molecular complexity index is 818. The van der Waals surface area contributed by atoms with Gasteiger partial charge in [0.15, 0.2) is 11.5 Å². The van der Waals surface area contributed by atoms with Crippen molar-refractivity contribution < 1.29 is 23.8 Å². The number of ether oxygens (including phenoxy) is 3. The summed E-state index contributed by atoms with van der Waals surface area (Å²) in [6.45, 7) is 0. The minimum atomic E-state index is -0.628. The highest BCUT2D eigenvalue weighted by atomic mass is 35.5. The van der Waals surface area contributed by atoms with E-state index in [1.54, 1.807) is 18.2 Å². The Morgan fingerprint density at radius 2 is 1.58 bits per heavy atom. The molecule has 1 amide bonds. The van der Waals surface area contributed by atoms with Crippen molar-refractivity contribution in [2.24, 2.45) is 0 Å². The molecule has 0 aromatic heterocycles. The van der Waals surface area contributed by atoms with Gasteiger partial charge in [0.2, 0.25) is 5.91 Å². The highest BCUT2D eigenvalue weighted by molar-refractivity contribution is 6.36. The van der Waals surface area contributed by atoms with Gasteiger partial charge in [0, 0.05) is 22.2 Å². The van der Waals surface area contributed by atoms with Gasteiger partial charge >= 0.3 is 5.97 Å². The number of nitrogens with one attached hydrogen (secondary N) is 1. The average Bonchev–Trinajstić information content (AvgIpc) is 2.63. The Balaban J connectivity index is 2.35. The van der Waals surface area contributed by atoms with Crippen LogP contribution in [-0.4, -0.2) is 33.2 Å². The van der Waals surface area contributed by atoms with Crippen molar-refractivity contribution in [2.75, 3.05) is 26.6 Å². The van der Waals surface area contributed by atoms with Crippen LogP contribution in [0, 0.1) is 0 Å². The van der Waals surface area contributed by atoms with Gasteiger partial charge in [-0.3, -0.25) is 4.79 Å². The van der Waals surface area contributed by atoms with E-state index < -0.39 is 11.9 Å². The zero-order chi connectivity index (χ0) is 19.3. The summed E-state index contributed by atoms with van der Waals surface area (Å²) in [6, 6.07) is 7.90. The topological polar surface area (TPSA) is 73.9 Å². The van der Waals surface area contributed by atoms with Crippen LogP contribution in [-0.2, 0) is 16.0 Å². The van der Waals surface area contributed by atoms with Gasteiger partial charge in [0.1, 0.15) is 0 Å². The lowest BCUT2D eigenvalue weighted by molar-refractivity contribution is -0.115. The summed E-state index contributed by atoms with van der Waals surface area (Å²) in [7, 11) is 4.13. The van der Waals surface area contributed by atoms with E-state index >= 15 is 0 Å². The van der Waals surface area contributed by atoms with Crippen LogP contribution in [0.2, 0.25) is 10.0 Å². The largest absolute Gasteiger partial charge is 0.493 e. The molecule has 0 aliphatic heterocycles. The summed E-state index contributed by atoms with van der Waals surface area (Å²) in [5.74, 6) is -0.347. The quantitative estimate of drug-likeness (QED) is 0.746. The van der Waals surface area contributed by atoms with Crippen LogP contribution in [0.5, 0.6) is 11.5 Å². The minimum absolute atomic E-state index is 0.0620. The number of anilines is 1. The fourth-order valence-electron chi connectivity index (χ4n) is 2.32. The van der Waals surface area contributed by atoms with E-state index in [0.717, 1.165) is 0 Å². The zero-order valence-corrected chi connectivity index (χ0v) is 15.9. The Morgan fingerprint density at radius 3 is 2.12 bits per heavy atom. The Labute approximate surface area is 160 Å². The molecule has 0 aliphatic carbocycles. The van der Waals surface area contributed by atoms with Crippen LogP contribution >= 0.6 is 23.2 Å². The maximum absolute atomic E-state index is 12.5. The van der Waals surface area contributed by atoms with Crippen LogP contribution in [0.1, 0.15) is 15.9 Å². The Kier molecular flexibility index (Phi) is 6.71. The summed E-state index contributed by atoms with van der Waals surface area (Å²) >= 11 is 12.2. The maximum Gasteiger partial charge on any atom is 0.340 e. The standard InChI is InChI=1S/C18H17Cl2NO5/c1-24-15-7-11(18(23)26-3)14(9-16(15)25-2)21-17(22)8-10-12(19)5-4-6-13(10)20/h4-7,9H,8H2,1-3H3,(H,21,22). The van der Waals surface area contributed by atoms with Crippen LogP contribution in [0.25, 0.3) is 0 Å². The van der Waals surface area contributed by atoms with Gasteiger partial charge < -0.3 is 19.5 Å². The number of benzene rings is 2. The molecular formula is C18H17Cl2NO5. The molecule has 0 atom stereocenters. The predicted octanol–water partition coefficient (Wildman–Crippen LogP) is 3.98. The molecule has 2 rings (SSSR count). The molecule has 0 heterocycles. The highest BCUT2D eigenvalue weighted by Crippen LogP contribution is 2.34. The molecule has 0 saturated heterocycles. The van der Waals surface area contributed by atoms with Crippen molar-refractivity contribution in [3.63, 3.8) is 0 Å². The first-order chi connectivity index (χ1) is 12.4. The van der Waals surface area contributed by atoms with Crippen molar-refractivity contribution in [1.29, 1.82) is 0 Å². The van der Waals surface area contributed by atoms with E-state index in [1.165, 1.54) is 33.5 Å². The molecule has 2 aromatic carbocycles. The lowest BCUT2D eigenvalue weighted by Crippen LogP contribution is -2.18. The summed E-state index contributed by atoms with van der Waals surface area (Å²) in [5, 5.41) is 3.43. The number of hydrogen-bond donors (Lipinski definition) is 1. The third-order valence-electron chi connectivity index (χ3n) is 3.60. The van der Waals surface area contributed by atoms with Crippen LogP contribution in [0.4, 0.5) is 5.69 Å². The van der Waals surface area contributed by atoms with E-state index in [9.17, 15) is 9.59 Å². The molecule has 8 heteroatoms. The van der Waals surface area contributed by atoms with Crippen molar-refractivity contribution in [2.45, 2.75) is 6.42 Å². The summed E-state index contributed by atoms with van der Waals surface area (Å²) in [5.41, 5.74) is 0.847. The van der Waals surface area contributed by atoms with Crippen LogP contribution in [0.15, 0.2) is 30.3 Å². The molecular weight excluding hydrogens is 381 g/mol. The fraction of sp³-hybridized carbons (Fsp3) is 0.222. The first kappa shape index (κ1) is 19.9. The monoisotopic (exact) mass is 397 g/mol. The third-order valence-corrected chi connectivity index (χ3v) is 4.31. The van der Waals surface area contributed by atoms with Gasteiger partial charge in [-0.2, -0.15) is 0 Å². The van der Waals surface area contributed by atoms with Crippen molar-refractivity contribution in [3.05, 3.63) is 51.5 Å². The van der Waals surface area contributed by atoms with Crippen molar-refractivity contribution in [1.82, 2.24) is 0 Å². The van der Waals surface area contributed by atoms with Gasteiger partial charge in [-0.15, -0.1) is 0 Å². The van der Waals surface area contributed by atoms with E-state index in [-0.39, 0.29) is 17.7 Å². The number of halogens is 2. The molecule has 0 fully saturated rings. The van der Waals surface area contributed by atoms with E-state index in [4.69, 9.17) is 37.4 Å². The van der Waals surface area contributed by atoms with Gasteiger partial charge in [0.05, 0.1) is 39.0 Å². The van der Waals surface area contributed by atoms with Gasteiger partial charge in [0.25, 0.3) is 0 Å². The summed E-state index contributed by atoms with van der Waals surface area (Å²) in [4.78, 5) is 24.5. The highest BCUT2D eigenvalue weighted by Gasteiger charge is 2.20. The number of carbonyl (C=O) groups is 2. The molecule has 0 unspecified atom stereocenters. The molecule has 0 saturated carbocycles. The SMILES string of the molecule is COC(=O)c1cc(OC)c(OC)cc1NC(=O)Cc1c(Cl)cccc1Cl. The molecule has 0 bridgehead atoms. The number of carbonyl (C=O) groups excluding carboxylic acids is 2. The third kappa shape index (κ3) is 4.39. The number of esters is 1. The second kappa shape index (κ2) is 8.78. The molecule has 26 heavy (non-hydrogen) atoms. The summed E-state index contributed by atoms with van der Waals surface area (Å²) < 4.78 is 15.2. The lowest BCUT2D eigenvalue weighted by atomic mass is 10.1. The molecule has 1 N–H and O–H groups in total. The average molecular weight is 398 g/mol. The number of amides is 1. The molecule has 0 spiro atoms. The maximum atomic E-state index is 12.5. The Morgan fingerprint density at radius 1 is 1.00 bits per heavy atom. The van der Waals surface area contributed by atoms with Gasteiger partial charge in [-0.05, 0) is 17.7 Å². The second-order valence-electron chi connectivity index (χ2n) is 5.17. The molecule has 2 aromatic rings. The minimum Gasteiger partial charge on any atom is -0.493 e. The number of methoxy groups -OCH3 is 3. The predicted molar refractivity (Wildman–Crippen MR) is 99.7 cm³/mol. The molecule has 6 nitrogen and oxygen atoms in total. The molecule has 0 radical (unpaired) electrons.